The summed E-state index contributed by atoms with van der Waals surface area (Å²) in [4.78, 5) is 37.5. The van der Waals surface area contributed by atoms with Gasteiger partial charge in [-0.2, -0.15) is 4.98 Å². The van der Waals surface area contributed by atoms with Gasteiger partial charge in [-0.3, -0.25) is 14.6 Å². The maximum Gasteiger partial charge on any atom is 0.274 e. The molecule has 0 bridgehead atoms. The van der Waals surface area contributed by atoms with Crippen molar-refractivity contribution >= 4 is 11.8 Å². The van der Waals surface area contributed by atoms with Gasteiger partial charge < -0.3 is 20.8 Å². The summed E-state index contributed by atoms with van der Waals surface area (Å²) in [7, 11) is 0. The van der Waals surface area contributed by atoms with E-state index in [0.29, 0.717) is 18.0 Å². The van der Waals surface area contributed by atoms with Crippen molar-refractivity contribution in [2.75, 3.05) is 0 Å². The Hall–Kier alpha value is -4.01. The molecule has 182 valence electrons. The van der Waals surface area contributed by atoms with Gasteiger partial charge in [0.2, 0.25) is 5.75 Å². The molecule has 4 N–H and O–H groups in total. The molecule has 3 aromatic rings. The van der Waals surface area contributed by atoms with Crippen LogP contribution in [0.5, 0.6) is 11.6 Å². The largest absolute Gasteiger partial charge is 0.501 e. The minimum Gasteiger partial charge on any atom is -0.501 e. The van der Waals surface area contributed by atoms with Crippen molar-refractivity contribution in [1.82, 2.24) is 25.6 Å². The Morgan fingerprint density at radius 2 is 1.74 bits per heavy atom. The molecule has 9 nitrogen and oxygen atoms in total. The molecule has 1 saturated carbocycles. The second-order valence-electron chi connectivity index (χ2n) is 8.83. The monoisotopic (exact) mass is 475 g/mol. The second-order valence-corrected chi connectivity index (χ2v) is 8.83. The first-order chi connectivity index (χ1) is 16.9. The number of carbonyl (C=O) groups is 2. The molecular weight excluding hydrogens is 446 g/mol. The SMILES string of the molecule is CC(NC(=O)c1nc(-c2ccc(C(=O)NCc3ccccc3)cn2)nc(O)c1O)C1CCCCC1. The number of aromatic hydroxyl groups is 2. The quantitative estimate of drug-likeness (QED) is 0.410. The van der Waals surface area contributed by atoms with Gasteiger partial charge in [-0.15, -0.1) is 0 Å². The van der Waals surface area contributed by atoms with E-state index in [9.17, 15) is 19.8 Å². The summed E-state index contributed by atoms with van der Waals surface area (Å²) >= 11 is 0. The maximum atomic E-state index is 12.8. The summed E-state index contributed by atoms with van der Waals surface area (Å²) in [6.07, 6.45) is 6.95. The minimum absolute atomic E-state index is 0.0352. The molecule has 2 aromatic heterocycles. The zero-order valence-corrected chi connectivity index (χ0v) is 19.6. The van der Waals surface area contributed by atoms with Crippen LogP contribution in [0.3, 0.4) is 0 Å². The van der Waals surface area contributed by atoms with Gasteiger partial charge in [-0.1, -0.05) is 49.6 Å². The molecule has 1 unspecified atom stereocenters. The maximum absolute atomic E-state index is 12.8. The van der Waals surface area contributed by atoms with Gasteiger partial charge in [-0.05, 0) is 43.4 Å². The highest BCUT2D eigenvalue weighted by Crippen LogP contribution is 2.30. The zero-order chi connectivity index (χ0) is 24.8. The van der Waals surface area contributed by atoms with Crippen LogP contribution in [0.1, 0.15) is 65.4 Å². The van der Waals surface area contributed by atoms with Crippen LogP contribution in [0.4, 0.5) is 0 Å². The summed E-state index contributed by atoms with van der Waals surface area (Å²) in [6, 6.07) is 12.5. The number of carbonyl (C=O) groups excluding carboxylic acids is 2. The first kappa shape index (κ1) is 24.1. The van der Waals surface area contributed by atoms with Gasteiger partial charge in [-0.25, -0.2) is 4.98 Å². The lowest BCUT2D eigenvalue weighted by molar-refractivity contribution is 0.0908. The molecule has 2 heterocycles. The number of hydrogen-bond acceptors (Lipinski definition) is 7. The number of amides is 2. The van der Waals surface area contributed by atoms with Gasteiger partial charge >= 0.3 is 0 Å². The molecule has 35 heavy (non-hydrogen) atoms. The highest BCUT2D eigenvalue weighted by atomic mass is 16.3. The van der Waals surface area contributed by atoms with Crippen molar-refractivity contribution in [3.05, 3.63) is 65.5 Å². The van der Waals surface area contributed by atoms with E-state index in [0.717, 1.165) is 31.2 Å². The summed E-state index contributed by atoms with van der Waals surface area (Å²) in [5, 5.41) is 26.1. The molecule has 0 spiro atoms. The Balaban J connectivity index is 1.46. The molecule has 1 fully saturated rings. The Kier molecular flexibility index (Phi) is 7.54. The Bertz CT molecular complexity index is 1180. The molecule has 1 aliphatic rings. The lowest BCUT2D eigenvalue weighted by Crippen LogP contribution is -2.39. The second kappa shape index (κ2) is 10.9. The Morgan fingerprint density at radius 1 is 1.00 bits per heavy atom. The van der Waals surface area contributed by atoms with E-state index in [4.69, 9.17) is 0 Å². The average molecular weight is 476 g/mol. The van der Waals surface area contributed by atoms with Crippen molar-refractivity contribution < 1.29 is 19.8 Å². The van der Waals surface area contributed by atoms with Crippen LogP contribution in [0.15, 0.2) is 48.7 Å². The van der Waals surface area contributed by atoms with E-state index in [1.165, 1.54) is 18.7 Å². The highest BCUT2D eigenvalue weighted by molar-refractivity contribution is 5.96. The van der Waals surface area contributed by atoms with Crippen LogP contribution < -0.4 is 10.6 Å². The Morgan fingerprint density at radius 3 is 2.43 bits per heavy atom. The third-order valence-electron chi connectivity index (χ3n) is 6.35. The molecule has 1 aliphatic carbocycles. The summed E-state index contributed by atoms with van der Waals surface area (Å²) in [5.41, 5.74) is 1.24. The van der Waals surface area contributed by atoms with Crippen molar-refractivity contribution in [2.45, 2.75) is 51.6 Å². The minimum atomic E-state index is -0.711. The third kappa shape index (κ3) is 5.92. The lowest BCUT2D eigenvalue weighted by Gasteiger charge is -2.28. The average Bonchev–Trinajstić information content (AvgIpc) is 2.90. The van der Waals surface area contributed by atoms with Gasteiger partial charge in [0.25, 0.3) is 17.7 Å². The fourth-order valence-electron chi connectivity index (χ4n) is 4.28. The smallest absolute Gasteiger partial charge is 0.274 e. The summed E-state index contributed by atoms with van der Waals surface area (Å²) < 4.78 is 0. The van der Waals surface area contributed by atoms with Gasteiger partial charge in [0.05, 0.1) is 5.56 Å². The van der Waals surface area contributed by atoms with Crippen LogP contribution in [0.2, 0.25) is 0 Å². The van der Waals surface area contributed by atoms with E-state index in [2.05, 4.69) is 25.6 Å². The Labute approximate surface area is 203 Å². The number of benzene rings is 1. The van der Waals surface area contributed by atoms with Crippen molar-refractivity contribution in [3.63, 3.8) is 0 Å². The number of nitrogens with one attached hydrogen (secondary N) is 2. The molecule has 0 saturated heterocycles. The molecule has 2 amide bonds. The van der Waals surface area contributed by atoms with Crippen molar-refractivity contribution in [3.8, 4) is 23.1 Å². The first-order valence-electron chi connectivity index (χ1n) is 11.8. The number of nitrogens with zero attached hydrogens (tertiary/aromatic N) is 3. The van der Waals surface area contributed by atoms with Crippen LogP contribution in [-0.4, -0.2) is 43.0 Å². The van der Waals surface area contributed by atoms with Crippen LogP contribution >= 0.6 is 0 Å². The van der Waals surface area contributed by atoms with E-state index in [1.54, 1.807) is 6.07 Å². The molecular formula is C26H29N5O4. The van der Waals surface area contributed by atoms with Gasteiger partial charge in [0.15, 0.2) is 11.5 Å². The van der Waals surface area contributed by atoms with E-state index in [-0.39, 0.29) is 29.2 Å². The standard InChI is InChI=1S/C26H29N5O4/c1-16(18-10-6-3-7-11-18)29-25(34)21-22(32)26(35)31-23(30-21)20-13-12-19(15-27-20)24(33)28-14-17-8-4-2-5-9-17/h2,4-5,8-9,12-13,15-16,18,32H,3,6-7,10-11,14H2,1H3,(H,28,33)(H,29,34)(H,30,31,35). The highest BCUT2D eigenvalue weighted by Gasteiger charge is 2.26. The number of rotatable bonds is 7. The van der Waals surface area contributed by atoms with E-state index < -0.39 is 17.5 Å². The summed E-state index contributed by atoms with van der Waals surface area (Å²) in [5.74, 6) is -1.94. The predicted molar refractivity (Wildman–Crippen MR) is 130 cm³/mol. The fourth-order valence-corrected chi connectivity index (χ4v) is 4.28. The molecule has 1 atom stereocenters. The van der Waals surface area contributed by atoms with Crippen molar-refractivity contribution in [1.29, 1.82) is 0 Å². The van der Waals surface area contributed by atoms with Crippen LogP contribution in [-0.2, 0) is 6.54 Å². The number of hydrogen-bond donors (Lipinski definition) is 4. The fraction of sp³-hybridized carbons (Fsp3) is 0.346. The van der Waals surface area contributed by atoms with Gasteiger partial charge in [0.1, 0.15) is 5.69 Å². The zero-order valence-electron chi connectivity index (χ0n) is 19.6. The number of pyridine rings is 1. The molecule has 0 radical (unpaired) electrons. The molecule has 9 heteroatoms. The third-order valence-corrected chi connectivity index (χ3v) is 6.35. The summed E-state index contributed by atoms with van der Waals surface area (Å²) in [6.45, 7) is 2.32. The molecule has 1 aromatic carbocycles. The van der Waals surface area contributed by atoms with E-state index in [1.807, 2.05) is 37.3 Å². The molecule has 4 rings (SSSR count). The predicted octanol–water partition coefficient (Wildman–Crippen LogP) is 3.58. The van der Waals surface area contributed by atoms with Crippen LogP contribution in [0, 0.1) is 5.92 Å². The van der Waals surface area contributed by atoms with E-state index >= 15 is 0 Å². The topological polar surface area (TPSA) is 137 Å². The normalized spacial score (nSPS) is 14.8. The first-order valence-corrected chi connectivity index (χ1v) is 11.8. The molecule has 0 aliphatic heterocycles. The number of aromatic nitrogens is 3. The lowest BCUT2D eigenvalue weighted by atomic mass is 9.84. The van der Waals surface area contributed by atoms with Crippen molar-refractivity contribution in [2.24, 2.45) is 5.92 Å². The van der Waals surface area contributed by atoms with Crippen LogP contribution in [0.25, 0.3) is 11.5 Å². The van der Waals surface area contributed by atoms with Gasteiger partial charge in [0, 0.05) is 18.8 Å².